The Bertz CT molecular complexity index is 400. The lowest BCUT2D eigenvalue weighted by molar-refractivity contribution is -0.132. The normalized spacial score (nSPS) is 10.1. The van der Waals surface area contributed by atoms with Gasteiger partial charge in [0.2, 0.25) is 5.91 Å². The number of aromatic nitrogens is 1. The lowest BCUT2D eigenvalue weighted by Gasteiger charge is -2.19. The van der Waals surface area contributed by atoms with Crippen LogP contribution >= 0.6 is 0 Å². The number of carbonyl (C=O) groups excluding carboxylic acids is 1. The largest absolute Gasteiger partial charge is 0.395 e. The second-order valence-corrected chi connectivity index (χ2v) is 3.36. The van der Waals surface area contributed by atoms with Gasteiger partial charge >= 0.3 is 0 Å². The molecule has 5 heteroatoms. The molecule has 1 aromatic heterocycles. The summed E-state index contributed by atoms with van der Waals surface area (Å²) in [6.45, 7) is 2.62. The van der Waals surface area contributed by atoms with Crippen LogP contribution in [0.2, 0.25) is 0 Å². The number of hydrogen-bond donors (Lipinski definition) is 1. The van der Waals surface area contributed by atoms with Gasteiger partial charge in [0.15, 0.2) is 0 Å². The van der Waals surface area contributed by atoms with Crippen molar-refractivity contribution in [2.75, 3.05) is 19.7 Å². The number of pyridine rings is 1. The summed E-state index contributed by atoms with van der Waals surface area (Å²) in [6, 6.07) is 4.75. The molecule has 0 aliphatic heterocycles. The molecule has 0 atom stereocenters. The molecule has 1 amide bonds. The Morgan fingerprint density at radius 1 is 1.50 bits per heavy atom. The Balaban J connectivity index is 2.70. The zero-order valence-electron chi connectivity index (χ0n) is 9.30. The first-order valence-corrected chi connectivity index (χ1v) is 5.23. The number of nitrogens with zero attached hydrogens (tertiary/aromatic N) is 2. The van der Waals surface area contributed by atoms with E-state index in [4.69, 9.17) is 5.11 Å². The molecule has 0 aliphatic rings. The van der Waals surface area contributed by atoms with Crippen LogP contribution in [-0.4, -0.2) is 40.2 Å². The third kappa shape index (κ3) is 3.20. The van der Waals surface area contributed by atoms with E-state index in [0.717, 1.165) is 0 Å². The van der Waals surface area contributed by atoms with Crippen molar-refractivity contribution in [3.8, 4) is 0 Å². The van der Waals surface area contributed by atoms with E-state index < -0.39 is 0 Å². The van der Waals surface area contributed by atoms with Gasteiger partial charge in [0.05, 0.1) is 6.61 Å². The minimum Gasteiger partial charge on any atom is -0.395 e. The van der Waals surface area contributed by atoms with Crippen molar-refractivity contribution in [2.24, 2.45) is 0 Å². The molecule has 5 nitrogen and oxygen atoms in total. The average Bonchev–Trinajstić information content (AvgIpc) is 2.29. The van der Waals surface area contributed by atoms with E-state index in [9.17, 15) is 9.59 Å². The monoisotopic (exact) mass is 224 g/mol. The molecule has 0 saturated carbocycles. The third-order valence-corrected chi connectivity index (χ3v) is 2.31. The van der Waals surface area contributed by atoms with E-state index in [1.165, 1.54) is 15.5 Å². The van der Waals surface area contributed by atoms with Gasteiger partial charge < -0.3 is 14.6 Å². The van der Waals surface area contributed by atoms with E-state index in [2.05, 4.69) is 0 Å². The smallest absolute Gasteiger partial charge is 0.250 e. The van der Waals surface area contributed by atoms with E-state index >= 15 is 0 Å². The Morgan fingerprint density at radius 3 is 2.81 bits per heavy atom. The van der Waals surface area contributed by atoms with Crippen molar-refractivity contribution in [3.63, 3.8) is 0 Å². The highest BCUT2D eigenvalue weighted by molar-refractivity contribution is 5.75. The number of hydrogen-bond acceptors (Lipinski definition) is 3. The van der Waals surface area contributed by atoms with Gasteiger partial charge in [-0.2, -0.15) is 0 Å². The first-order chi connectivity index (χ1) is 7.69. The Labute approximate surface area is 93.9 Å². The van der Waals surface area contributed by atoms with Crippen LogP contribution in [0, 0.1) is 0 Å². The summed E-state index contributed by atoms with van der Waals surface area (Å²) < 4.78 is 1.35. The lowest BCUT2D eigenvalue weighted by Crippen LogP contribution is -2.37. The van der Waals surface area contributed by atoms with Crippen LogP contribution < -0.4 is 5.56 Å². The summed E-state index contributed by atoms with van der Waals surface area (Å²) in [5.74, 6) is -0.162. The molecule has 0 radical (unpaired) electrons. The zero-order chi connectivity index (χ0) is 12.0. The van der Waals surface area contributed by atoms with E-state index in [-0.39, 0.29) is 24.6 Å². The minimum atomic E-state index is -0.198. The molecule has 0 bridgehead atoms. The summed E-state index contributed by atoms with van der Waals surface area (Å²) >= 11 is 0. The van der Waals surface area contributed by atoms with Gasteiger partial charge in [-0.1, -0.05) is 6.07 Å². The highest BCUT2D eigenvalue weighted by Crippen LogP contribution is 1.92. The van der Waals surface area contributed by atoms with Crippen LogP contribution in [-0.2, 0) is 11.3 Å². The Kier molecular flexibility index (Phi) is 4.72. The molecule has 1 rings (SSSR count). The van der Waals surface area contributed by atoms with Crippen molar-refractivity contribution < 1.29 is 9.90 Å². The fourth-order valence-corrected chi connectivity index (χ4v) is 1.42. The van der Waals surface area contributed by atoms with Crippen LogP contribution in [0.1, 0.15) is 6.92 Å². The fourth-order valence-electron chi connectivity index (χ4n) is 1.42. The van der Waals surface area contributed by atoms with Gasteiger partial charge in [-0.3, -0.25) is 9.59 Å². The zero-order valence-corrected chi connectivity index (χ0v) is 9.30. The topological polar surface area (TPSA) is 62.5 Å². The predicted octanol–water partition coefficient (Wildman–Crippen LogP) is -0.311. The number of rotatable bonds is 5. The van der Waals surface area contributed by atoms with E-state index in [0.29, 0.717) is 13.1 Å². The summed E-state index contributed by atoms with van der Waals surface area (Å²) in [7, 11) is 0. The summed E-state index contributed by atoms with van der Waals surface area (Å²) in [4.78, 5) is 24.6. The molecule has 16 heavy (non-hydrogen) atoms. The maximum Gasteiger partial charge on any atom is 0.250 e. The quantitative estimate of drug-likeness (QED) is 0.746. The second kappa shape index (κ2) is 6.07. The SMILES string of the molecule is CCN(CCO)C(=O)Cn1ccccc1=O. The Hall–Kier alpha value is -1.62. The van der Waals surface area contributed by atoms with Crippen LogP contribution in [0.5, 0.6) is 0 Å². The van der Waals surface area contributed by atoms with Crippen molar-refractivity contribution in [1.82, 2.24) is 9.47 Å². The molecule has 0 saturated heterocycles. The molecule has 0 fully saturated rings. The molecule has 0 unspecified atom stereocenters. The van der Waals surface area contributed by atoms with Gasteiger partial charge in [-0.15, -0.1) is 0 Å². The lowest BCUT2D eigenvalue weighted by atomic mass is 10.4. The molecule has 0 aliphatic carbocycles. The molecule has 0 spiro atoms. The fraction of sp³-hybridized carbons (Fsp3) is 0.455. The molecule has 0 aromatic carbocycles. The summed E-state index contributed by atoms with van der Waals surface area (Å²) in [6.07, 6.45) is 1.58. The maximum atomic E-state index is 11.7. The molecule has 1 N–H and O–H groups in total. The standard InChI is InChI=1S/C11H16N2O3/c1-2-12(7-8-14)11(16)9-13-6-4-3-5-10(13)15/h3-6,14H,2,7-9H2,1H3. The minimum absolute atomic E-state index is 0.0213. The summed E-state index contributed by atoms with van der Waals surface area (Å²) in [5.41, 5.74) is -0.198. The van der Waals surface area contributed by atoms with Crippen molar-refractivity contribution >= 4 is 5.91 Å². The number of aliphatic hydroxyl groups is 1. The van der Waals surface area contributed by atoms with Crippen LogP contribution in [0.15, 0.2) is 29.2 Å². The number of aliphatic hydroxyl groups excluding tert-OH is 1. The molecular weight excluding hydrogens is 208 g/mol. The molecular formula is C11H16N2O3. The van der Waals surface area contributed by atoms with Gasteiger partial charge in [0.25, 0.3) is 5.56 Å². The number of likely N-dealkylation sites (N-methyl/N-ethyl adjacent to an activating group) is 1. The van der Waals surface area contributed by atoms with Gasteiger partial charge in [0.1, 0.15) is 6.54 Å². The molecule has 1 heterocycles. The van der Waals surface area contributed by atoms with Crippen LogP contribution in [0.25, 0.3) is 0 Å². The van der Waals surface area contributed by atoms with Gasteiger partial charge in [-0.05, 0) is 13.0 Å². The van der Waals surface area contributed by atoms with Crippen LogP contribution in [0.3, 0.4) is 0 Å². The Morgan fingerprint density at radius 2 is 2.25 bits per heavy atom. The summed E-state index contributed by atoms with van der Waals surface area (Å²) in [5, 5.41) is 8.77. The van der Waals surface area contributed by atoms with Gasteiger partial charge in [0, 0.05) is 25.4 Å². The average molecular weight is 224 g/mol. The highest BCUT2D eigenvalue weighted by atomic mass is 16.3. The van der Waals surface area contributed by atoms with Crippen LogP contribution in [0.4, 0.5) is 0 Å². The van der Waals surface area contributed by atoms with E-state index in [1.807, 2.05) is 6.92 Å². The highest BCUT2D eigenvalue weighted by Gasteiger charge is 2.11. The van der Waals surface area contributed by atoms with Crippen molar-refractivity contribution in [2.45, 2.75) is 13.5 Å². The first-order valence-electron chi connectivity index (χ1n) is 5.23. The molecule has 88 valence electrons. The van der Waals surface area contributed by atoms with Gasteiger partial charge in [-0.25, -0.2) is 0 Å². The maximum absolute atomic E-state index is 11.7. The predicted molar refractivity (Wildman–Crippen MR) is 60.0 cm³/mol. The number of amides is 1. The third-order valence-electron chi connectivity index (χ3n) is 2.31. The second-order valence-electron chi connectivity index (χ2n) is 3.36. The van der Waals surface area contributed by atoms with Crippen molar-refractivity contribution in [3.05, 3.63) is 34.7 Å². The first kappa shape index (κ1) is 12.4. The molecule has 1 aromatic rings. The van der Waals surface area contributed by atoms with E-state index in [1.54, 1.807) is 18.3 Å². The van der Waals surface area contributed by atoms with Crippen molar-refractivity contribution in [1.29, 1.82) is 0 Å². The number of carbonyl (C=O) groups is 1.